The molecule has 1 atom stereocenters. The molecule has 10 aromatic rings. The molecule has 6 aromatic heterocycles. The number of halogens is 2. The van der Waals surface area contributed by atoms with Gasteiger partial charge in [-0.2, -0.15) is 10.2 Å². The summed E-state index contributed by atoms with van der Waals surface area (Å²) in [6.07, 6.45) is 8.46. The summed E-state index contributed by atoms with van der Waals surface area (Å²) < 4.78 is 33.9. The van der Waals surface area contributed by atoms with Crippen molar-refractivity contribution in [3.05, 3.63) is 217 Å². The number of ether oxygens (including phenoxy) is 3. The Bertz CT molecular complexity index is 5470. The van der Waals surface area contributed by atoms with Crippen LogP contribution in [0, 0.1) is 13.8 Å². The molecular weight excluding hydrogens is 1700 g/mol. The van der Waals surface area contributed by atoms with Crippen LogP contribution in [0.4, 0.5) is 16.2 Å². The van der Waals surface area contributed by atoms with Gasteiger partial charge in [0.25, 0.3) is 23.6 Å². The molecule has 5 amide bonds. The van der Waals surface area contributed by atoms with Gasteiger partial charge in [-0.3, -0.25) is 29.0 Å². The van der Waals surface area contributed by atoms with E-state index in [1.54, 1.807) is 36.4 Å². The monoisotopic (exact) mass is 1830 g/mol. The van der Waals surface area contributed by atoms with Crippen LogP contribution in [0.3, 0.4) is 0 Å². The number of amides is 5. The lowest BCUT2D eigenvalue weighted by Crippen LogP contribution is -2.54. The quantitative estimate of drug-likeness (QED) is 0.0248. The molecule has 0 aliphatic carbocycles. The smallest absolute Gasteiger partial charge is 0.444 e. The Morgan fingerprint density at radius 2 is 1.00 bits per heavy atom. The highest BCUT2D eigenvalue weighted by Gasteiger charge is 2.52. The minimum Gasteiger partial charge on any atom is -0.444 e. The van der Waals surface area contributed by atoms with Gasteiger partial charge >= 0.3 is 13.2 Å². The minimum absolute atomic E-state index is 0. The van der Waals surface area contributed by atoms with Gasteiger partial charge in [-0.05, 0) is 214 Å². The van der Waals surface area contributed by atoms with Crippen LogP contribution < -0.4 is 42.7 Å². The Balaban J connectivity index is 0.000000192. The van der Waals surface area contributed by atoms with Crippen LogP contribution in [0.15, 0.2) is 138 Å². The first kappa shape index (κ1) is 98.3. The molecule has 28 nitrogen and oxygen atoms in total. The number of hydrogen-bond donors (Lipinski definition) is 7. The van der Waals surface area contributed by atoms with Crippen molar-refractivity contribution in [2.75, 3.05) is 82.9 Å². The van der Waals surface area contributed by atoms with Gasteiger partial charge in [-0.15, -0.1) is 12.4 Å². The SMILES string of the molecule is C.CCc1nc2c(cnn2CC)c(NC2CCOCC2)c1CNC(=O)c1cccc(C(=O)NCc2ccc(C)c(-c3cccc(CN4CCNCC4)c3)c2)n1.CCc1nc2c(cnn2CC)c(NC2CCOCC2)c1CNC(=O)c1cccc(C(=O)NCc2ccc(C)c(Br)c2)n1.C[C@H]1CN(Cc2cccc(B3OC(C)(C)C(C)(C)O3)c2)CCN1C(=O)OC(C)(C)C.Cl. The summed E-state index contributed by atoms with van der Waals surface area (Å²) in [7, 11) is -0.349. The van der Waals surface area contributed by atoms with Gasteiger partial charge in [0.2, 0.25) is 0 Å². The topological polar surface area (TPSA) is 313 Å². The van der Waals surface area contributed by atoms with Crippen molar-refractivity contribution in [1.82, 2.24) is 80.8 Å². The molecule has 15 rings (SSSR count). The highest BCUT2D eigenvalue weighted by Crippen LogP contribution is 2.38. The zero-order valence-electron chi connectivity index (χ0n) is 76.0. The number of benzene rings is 4. The highest BCUT2D eigenvalue weighted by molar-refractivity contribution is 9.10. The number of rotatable bonds is 26. The van der Waals surface area contributed by atoms with E-state index in [1.807, 2.05) is 85.5 Å². The molecule has 128 heavy (non-hydrogen) atoms. The molecule has 684 valence electrons. The summed E-state index contributed by atoms with van der Waals surface area (Å²) >= 11 is 3.52. The summed E-state index contributed by atoms with van der Waals surface area (Å²) in [6, 6.07) is 39.8. The molecule has 5 fully saturated rings. The highest BCUT2D eigenvalue weighted by atomic mass is 79.9. The van der Waals surface area contributed by atoms with Gasteiger partial charge in [0.1, 0.15) is 28.4 Å². The summed E-state index contributed by atoms with van der Waals surface area (Å²) in [5.74, 6) is -1.42. The van der Waals surface area contributed by atoms with E-state index in [-0.39, 0.29) is 122 Å². The van der Waals surface area contributed by atoms with E-state index in [9.17, 15) is 24.0 Å². The molecular formula is C97H129BBrClN18O10. The third-order valence-electron chi connectivity index (χ3n) is 24.2. The van der Waals surface area contributed by atoms with Gasteiger partial charge in [0.05, 0.1) is 45.7 Å². The van der Waals surface area contributed by atoms with Gasteiger partial charge in [0.15, 0.2) is 11.3 Å². The Morgan fingerprint density at radius 3 is 1.47 bits per heavy atom. The van der Waals surface area contributed by atoms with E-state index in [0.717, 1.165) is 172 Å². The second-order valence-electron chi connectivity index (χ2n) is 35.1. The number of nitrogens with one attached hydrogen (secondary N) is 7. The Labute approximate surface area is 768 Å². The van der Waals surface area contributed by atoms with Crippen molar-refractivity contribution in [3.63, 3.8) is 0 Å². The number of carbonyl (C=O) groups excluding carboxylic acids is 5. The summed E-state index contributed by atoms with van der Waals surface area (Å²) in [5, 5.41) is 33.9. The Kier molecular flexibility index (Phi) is 34.4. The molecule has 0 bridgehead atoms. The fourth-order valence-corrected chi connectivity index (χ4v) is 16.7. The Morgan fingerprint density at radius 1 is 0.547 bits per heavy atom. The van der Waals surface area contributed by atoms with Crippen LogP contribution in [0.25, 0.3) is 33.2 Å². The molecule has 4 aromatic carbocycles. The fraction of sp³-hybridized carbons (Fsp3) is 0.474. The number of carbonyl (C=O) groups is 5. The number of aromatic nitrogens is 8. The number of pyridine rings is 4. The molecule has 11 heterocycles. The van der Waals surface area contributed by atoms with Crippen molar-refractivity contribution in [2.24, 2.45) is 0 Å². The molecule has 5 saturated heterocycles. The maximum Gasteiger partial charge on any atom is 0.494 e. The fourth-order valence-electron chi connectivity index (χ4n) is 16.3. The number of fused-ring (bicyclic) bond motifs is 2. The first-order chi connectivity index (χ1) is 60.5. The minimum atomic E-state index is -0.470. The molecule has 0 unspecified atom stereocenters. The van der Waals surface area contributed by atoms with Crippen LogP contribution in [-0.4, -0.2) is 198 Å². The second kappa shape index (κ2) is 44.8. The standard InChI is InChI=1S/C42H51N9O3.C31H36BrN7O3.C23H37BN2O4.CH4.ClH/c1-4-36-34(39(47-32-14-20-54-21-15-32)35-26-46-51(5-2)40(35)49-36)25-45-42(53)38-11-7-10-37(48-38)41(52)44-24-29-13-12-28(3)33(23-29)31-9-6-8-30(22-31)27-50-18-16-43-17-19-50;1-4-25-22(28(36-21-11-13-42-14-12-21)23-18-35-39(5-2)29(23)38-25)17-34-31(41)27-8-6-7-26(37-27)30(40)33-16-20-10-9-19(3)24(32)15-20;1-17-15-25(12-13-26(17)20(27)28-21(2,3)4)16-18-10-9-11-19(14-18)24-29-22(5,6)23(7,8)30-24;;/h6-13,22-23,26,32,43H,4-5,14-21,24-25,27H2,1-3H3,(H,44,52)(H,45,53)(H,47,49);6-10,15,18,21H,4-5,11-14,16-17H2,1-3H3,(H,33,40)(H,34,41)(H,36,38);9-11,14,17H,12-13,15-16H2,1-8H3;1H4;1H/t;;17-;;/m..0../s1. The van der Waals surface area contributed by atoms with Crippen molar-refractivity contribution in [1.29, 1.82) is 0 Å². The number of hydrogen-bond acceptors (Lipinski definition) is 21. The number of anilines is 2. The van der Waals surface area contributed by atoms with Crippen LogP contribution in [-0.2, 0) is 88.7 Å². The van der Waals surface area contributed by atoms with E-state index in [0.29, 0.717) is 72.0 Å². The molecule has 7 N–H and O–H groups in total. The van der Waals surface area contributed by atoms with E-state index >= 15 is 0 Å². The predicted molar refractivity (Wildman–Crippen MR) is 511 cm³/mol. The lowest BCUT2D eigenvalue weighted by molar-refractivity contribution is 0.000506. The lowest BCUT2D eigenvalue weighted by Gasteiger charge is -2.40. The molecule has 31 heteroatoms. The molecule has 5 aliphatic rings. The third-order valence-corrected chi connectivity index (χ3v) is 25.0. The second-order valence-corrected chi connectivity index (χ2v) is 35.9. The molecule has 0 saturated carbocycles. The van der Waals surface area contributed by atoms with E-state index in [4.69, 9.17) is 33.5 Å². The zero-order chi connectivity index (χ0) is 89.4. The summed E-state index contributed by atoms with van der Waals surface area (Å²) in [6.45, 7) is 42.1. The molecule has 0 spiro atoms. The van der Waals surface area contributed by atoms with Gasteiger partial charge in [-0.25, -0.2) is 34.1 Å². The Hall–Kier alpha value is -10.3. The van der Waals surface area contributed by atoms with Crippen LogP contribution >= 0.6 is 28.3 Å². The van der Waals surface area contributed by atoms with Crippen molar-refractivity contribution in [2.45, 2.75) is 230 Å². The van der Waals surface area contributed by atoms with Gasteiger partial charge in [-0.1, -0.05) is 116 Å². The summed E-state index contributed by atoms with van der Waals surface area (Å²) in [5.41, 5.74) is 16.9. The maximum atomic E-state index is 13.5. The van der Waals surface area contributed by atoms with Gasteiger partial charge in [0, 0.05) is 170 Å². The molecule has 5 aliphatic heterocycles. The normalized spacial score (nSPS) is 16.6. The van der Waals surface area contributed by atoms with E-state index < -0.39 is 5.60 Å². The number of aryl methyl sites for hydroxylation is 6. The molecule has 0 radical (unpaired) electrons. The predicted octanol–water partition coefficient (Wildman–Crippen LogP) is 14.7. The van der Waals surface area contributed by atoms with E-state index in [2.05, 4.69) is 206 Å². The van der Waals surface area contributed by atoms with Crippen LogP contribution in [0.2, 0.25) is 0 Å². The average Bonchev–Trinajstić information content (AvgIpc) is 1.62. The van der Waals surface area contributed by atoms with E-state index in [1.165, 1.54) is 16.7 Å². The number of nitrogens with zero attached hydrogens (tertiary/aromatic N) is 11. The largest absolute Gasteiger partial charge is 0.494 e. The summed E-state index contributed by atoms with van der Waals surface area (Å²) in [4.78, 5) is 90.9. The zero-order valence-corrected chi connectivity index (χ0v) is 78.4. The average molecular weight is 1830 g/mol. The maximum absolute atomic E-state index is 13.5. The van der Waals surface area contributed by atoms with Crippen molar-refractivity contribution in [3.8, 4) is 11.1 Å². The van der Waals surface area contributed by atoms with Crippen LogP contribution in [0.1, 0.15) is 214 Å². The number of piperazine rings is 2. The van der Waals surface area contributed by atoms with Crippen molar-refractivity contribution >= 4 is 104 Å². The first-order valence-electron chi connectivity index (χ1n) is 44.6. The van der Waals surface area contributed by atoms with Gasteiger partial charge < -0.3 is 65.6 Å². The first-order valence-corrected chi connectivity index (χ1v) is 45.4. The lowest BCUT2D eigenvalue weighted by atomic mass is 9.78. The van der Waals surface area contributed by atoms with Crippen molar-refractivity contribution < 1.29 is 47.5 Å². The third kappa shape index (κ3) is 25.0. The van der Waals surface area contributed by atoms with Crippen LogP contribution in [0.5, 0.6) is 0 Å².